The first kappa shape index (κ1) is 13.6. The van der Waals surface area contributed by atoms with E-state index in [-0.39, 0.29) is 0 Å². The van der Waals surface area contributed by atoms with E-state index in [1.54, 1.807) is 6.92 Å². The fourth-order valence-corrected chi connectivity index (χ4v) is 2.50. The number of hydrogen-bond donors (Lipinski definition) is 1. The van der Waals surface area contributed by atoms with Crippen LogP contribution in [0.1, 0.15) is 24.3 Å². The smallest absolute Gasteiger partial charge is 0.133 e. The zero-order chi connectivity index (χ0) is 14.8. The molecule has 0 unspecified atom stereocenters. The Balaban J connectivity index is 1.88. The van der Waals surface area contributed by atoms with Gasteiger partial charge < -0.3 is 9.84 Å². The Morgan fingerprint density at radius 3 is 2.67 bits per heavy atom. The molecule has 0 fully saturated rings. The van der Waals surface area contributed by atoms with Crippen molar-refractivity contribution >= 4 is 10.9 Å². The van der Waals surface area contributed by atoms with E-state index in [1.807, 2.05) is 60.3 Å². The Bertz CT molecular complexity index is 762. The number of rotatable bonds is 4. The Morgan fingerprint density at radius 2 is 1.86 bits per heavy atom. The van der Waals surface area contributed by atoms with Gasteiger partial charge in [-0.05, 0) is 19.1 Å². The predicted molar refractivity (Wildman–Crippen MR) is 82.1 cm³/mol. The summed E-state index contributed by atoms with van der Waals surface area (Å²) in [6, 6.07) is 15.6. The van der Waals surface area contributed by atoms with Crippen molar-refractivity contribution in [1.82, 2.24) is 9.78 Å². The van der Waals surface area contributed by atoms with Crippen LogP contribution in [-0.2, 0) is 13.7 Å². The lowest BCUT2D eigenvalue weighted by Gasteiger charge is -2.12. The van der Waals surface area contributed by atoms with Crippen molar-refractivity contribution in [3.05, 3.63) is 59.8 Å². The Labute approximate surface area is 123 Å². The van der Waals surface area contributed by atoms with Gasteiger partial charge >= 0.3 is 0 Å². The molecule has 0 radical (unpaired) electrons. The molecule has 4 heteroatoms. The SMILES string of the molecule is C[C@@H](O)c1ccccc1OCc1nn(C)c2ccccc12. The molecule has 1 aromatic heterocycles. The molecule has 0 aliphatic heterocycles. The molecule has 0 bridgehead atoms. The summed E-state index contributed by atoms with van der Waals surface area (Å²) in [7, 11) is 1.93. The highest BCUT2D eigenvalue weighted by Crippen LogP contribution is 2.26. The lowest BCUT2D eigenvalue weighted by molar-refractivity contribution is 0.190. The van der Waals surface area contributed by atoms with Crippen LogP contribution in [0, 0.1) is 0 Å². The largest absolute Gasteiger partial charge is 0.487 e. The molecule has 1 heterocycles. The molecule has 0 aliphatic carbocycles. The summed E-state index contributed by atoms with van der Waals surface area (Å²) in [5, 5.41) is 15.4. The number of benzene rings is 2. The number of aryl methyl sites for hydroxylation is 1. The topological polar surface area (TPSA) is 47.3 Å². The molecule has 108 valence electrons. The third-order valence-corrected chi connectivity index (χ3v) is 3.57. The van der Waals surface area contributed by atoms with Gasteiger partial charge in [-0.2, -0.15) is 5.10 Å². The number of aliphatic hydroxyl groups excluding tert-OH is 1. The average molecular weight is 282 g/mol. The van der Waals surface area contributed by atoms with E-state index >= 15 is 0 Å². The number of aliphatic hydroxyl groups is 1. The van der Waals surface area contributed by atoms with Gasteiger partial charge in [0.1, 0.15) is 18.1 Å². The molecule has 0 spiro atoms. The molecule has 1 N–H and O–H groups in total. The van der Waals surface area contributed by atoms with Crippen LogP contribution in [0.4, 0.5) is 0 Å². The van der Waals surface area contributed by atoms with Crippen LogP contribution in [0.2, 0.25) is 0 Å². The van der Waals surface area contributed by atoms with Crippen LogP contribution in [0.5, 0.6) is 5.75 Å². The van der Waals surface area contributed by atoms with Crippen LogP contribution in [0.15, 0.2) is 48.5 Å². The second-order valence-electron chi connectivity index (χ2n) is 5.09. The molecule has 1 atom stereocenters. The minimum absolute atomic E-state index is 0.380. The van der Waals surface area contributed by atoms with Crippen LogP contribution < -0.4 is 4.74 Å². The Hall–Kier alpha value is -2.33. The van der Waals surface area contributed by atoms with Gasteiger partial charge in [0.05, 0.1) is 11.6 Å². The van der Waals surface area contributed by atoms with Crippen molar-refractivity contribution in [3.8, 4) is 5.75 Å². The highest BCUT2D eigenvalue weighted by molar-refractivity contribution is 5.81. The normalized spacial score (nSPS) is 12.5. The molecule has 2 aromatic carbocycles. The van der Waals surface area contributed by atoms with Crippen molar-refractivity contribution in [2.75, 3.05) is 0 Å². The van der Waals surface area contributed by atoms with Crippen molar-refractivity contribution < 1.29 is 9.84 Å². The molecular formula is C17H18N2O2. The molecule has 0 saturated carbocycles. The quantitative estimate of drug-likeness (QED) is 0.799. The minimum atomic E-state index is -0.554. The van der Waals surface area contributed by atoms with Crippen LogP contribution in [0.25, 0.3) is 10.9 Å². The van der Waals surface area contributed by atoms with E-state index < -0.39 is 6.10 Å². The highest BCUT2D eigenvalue weighted by atomic mass is 16.5. The second-order valence-corrected chi connectivity index (χ2v) is 5.09. The molecule has 0 aliphatic rings. The van der Waals surface area contributed by atoms with Gasteiger partial charge in [0.15, 0.2) is 0 Å². The summed E-state index contributed by atoms with van der Waals surface area (Å²) < 4.78 is 7.73. The van der Waals surface area contributed by atoms with Gasteiger partial charge in [-0.1, -0.05) is 36.4 Å². The van der Waals surface area contributed by atoms with Crippen LogP contribution in [0.3, 0.4) is 0 Å². The summed E-state index contributed by atoms with van der Waals surface area (Å²) in [4.78, 5) is 0. The van der Waals surface area contributed by atoms with Gasteiger partial charge in [-0.25, -0.2) is 0 Å². The van der Waals surface area contributed by atoms with Gasteiger partial charge in [-0.15, -0.1) is 0 Å². The molecular weight excluding hydrogens is 264 g/mol. The Morgan fingerprint density at radius 1 is 1.14 bits per heavy atom. The number of para-hydroxylation sites is 2. The molecule has 3 aromatic rings. The molecule has 0 saturated heterocycles. The van der Waals surface area contributed by atoms with E-state index in [4.69, 9.17) is 4.74 Å². The number of fused-ring (bicyclic) bond motifs is 1. The number of hydrogen-bond acceptors (Lipinski definition) is 3. The molecule has 3 rings (SSSR count). The fourth-order valence-electron chi connectivity index (χ4n) is 2.50. The molecule has 21 heavy (non-hydrogen) atoms. The van der Waals surface area contributed by atoms with E-state index in [1.165, 1.54) is 0 Å². The maximum atomic E-state index is 9.78. The number of ether oxygens (including phenoxy) is 1. The van der Waals surface area contributed by atoms with E-state index in [0.717, 1.165) is 22.2 Å². The fraction of sp³-hybridized carbons (Fsp3) is 0.235. The molecule has 4 nitrogen and oxygen atoms in total. The monoisotopic (exact) mass is 282 g/mol. The highest BCUT2D eigenvalue weighted by Gasteiger charge is 2.11. The first-order chi connectivity index (χ1) is 10.2. The lowest BCUT2D eigenvalue weighted by atomic mass is 10.1. The zero-order valence-electron chi connectivity index (χ0n) is 12.2. The van der Waals surface area contributed by atoms with Gasteiger partial charge in [0, 0.05) is 18.0 Å². The van der Waals surface area contributed by atoms with E-state index in [2.05, 4.69) is 5.10 Å². The number of aromatic nitrogens is 2. The lowest BCUT2D eigenvalue weighted by Crippen LogP contribution is -2.02. The van der Waals surface area contributed by atoms with Gasteiger partial charge in [0.25, 0.3) is 0 Å². The third-order valence-electron chi connectivity index (χ3n) is 3.57. The van der Waals surface area contributed by atoms with Gasteiger partial charge in [0.2, 0.25) is 0 Å². The summed E-state index contributed by atoms with van der Waals surface area (Å²) in [5.74, 6) is 0.697. The zero-order valence-corrected chi connectivity index (χ0v) is 12.2. The summed E-state index contributed by atoms with van der Waals surface area (Å²) in [6.45, 7) is 2.11. The maximum Gasteiger partial charge on any atom is 0.133 e. The Kier molecular flexibility index (Phi) is 3.62. The van der Waals surface area contributed by atoms with E-state index in [0.29, 0.717) is 12.4 Å². The molecule has 0 amide bonds. The number of nitrogens with zero attached hydrogens (tertiary/aromatic N) is 2. The average Bonchev–Trinajstić information content (AvgIpc) is 2.82. The maximum absolute atomic E-state index is 9.78. The van der Waals surface area contributed by atoms with Gasteiger partial charge in [-0.3, -0.25) is 4.68 Å². The van der Waals surface area contributed by atoms with Crippen molar-refractivity contribution in [2.24, 2.45) is 7.05 Å². The van der Waals surface area contributed by atoms with Crippen molar-refractivity contribution in [3.63, 3.8) is 0 Å². The summed E-state index contributed by atoms with van der Waals surface area (Å²) in [5.41, 5.74) is 2.77. The standard InChI is InChI=1S/C17H18N2O2/c1-12(20)13-7-4-6-10-17(13)21-11-15-14-8-3-5-9-16(14)19(2)18-15/h3-10,12,20H,11H2,1-2H3/t12-/m1/s1. The van der Waals surface area contributed by atoms with E-state index in [9.17, 15) is 5.11 Å². The van der Waals surface area contributed by atoms with Crippen molar-refractivity contribution in [2.45, 2.75) is 19.6 Å². The first-order valence-corrected chi connectivity index (χ1v) is 6.97. The van der Waals surface area contributed by atoms with Crippen molar-refractivity contribution in [1.29, 1.82) is 0 Å². The summed E-state index contributed by atoms with van der Waals surface area (Å²) >= 11 is 0. The van der Waals surface area contributed by atoms with Crippen LogP contribution in [-0.4, -0.2) is 14.9 Å². The summed E-state index contributed by atoms with van der Waals surface area (Å²) in [6.07, 6.45) is -0.554. The predicted octanol–water partition coefficient (Wildman–Crippen LogP) is 3.21. The second kappa shape index (κ2) is 5.58. The first-order valence-electron chi connectivity index (χ1n) is 6.97. The third kappa shape index (κ3) is 2.62. The minimum Gasteiger partial charge on any atom is -0.487 e. The van der Waals surface area contributed by atoms with Crippen LogP contribution >= 0.6 is 0 Å².